The van der Waals surface area contributed by atoms with Crippen LogP contribution in [0.15, 0.2) is 29.4 Å². The molecule has 1 atom stereocenters. The minimum atomic E-state index is -0.958. The Hall–Kier alpha value is -2.12. The molecule has 0 aliphatic carbocycles. The molecule has 2 heterocycles. The molecular formula is C18H25N3O4. The van der Waals surface area contributed by atoms with Crippen LogP contribution in [0.4, 0.5) is 0 Å². The molecule has 136 valence electrons. The fourth-order valence-corrected chi connectivity index (χ4v) is 2.94. The number of amides is 1. The summed E-state index contributed by atoms with van der Waals surface area (Å²) in [5.41, 5.74) is 0.749. The van der Waals surface area contributed by atoms with Crippen molar-refractivity contribution in [2.24, 2.45) is 5.16 Å². The van der Waals surface area contributed by atoms with Crippen LogP contribution in [0.2, 0.25) is 0 Å². The van der Waals surface area contributed by atoms with Gasteiger partial charge >= 0.3 is 0 Å². The zero-order chi connectivity index (χ0) is 17.7. The van der Waals surface area contributed by atoms with Gasteiger partial charge in [-0.05, 0) is 36.8 Å². The molecule has 3 rings (SSSR count). The highest BCUT2D eigenvalue weighted by molar-refractivity contribution is 6.05. The molecule has 25 heavy (non-hydrogen) atoms. The molecule has 1 aromatic rings. The van der Waals surface area contributed by atoms with Crippen molar-refractivity contribution in [3.05, 3.63) is 29.8 Å². The summed E-state index contributed by atoms with van der Waals surface area (Å²) in [6.45, 7) is 6.52. The lowest BCUT2D eigenvalue weighted by Gasteiger charge is -2.27. The second-order valence-corrected chi connectivity index (χ2v) is 6.48. The van der Waals surface area contributed by atoms with Crippen molar-refractivity contribution in [3.8, 4) is 5.75 Å². The summed E-state index contributed by atoms with van der Waals surface area (Å²) in [4.78, 5) is 20.3. The van der Waals surface area contributed by atoms with E-state index in [4.69, 9.17) is 14.3 Å². The average molecular weight is 347 g/mol. The zero-order valence-corrected chi connectivity index (χ0v) is 14.8. The Bertz CT molecular complexity index is 626. The van der Waals surface area contributed by atoms with Gasteiger partial charge in [0.2, 0.25) is 5.60 Å². The van der Waals surface area contributed by atoms with Crippen LogP contribution < -0.4 is 10.1 Å². The van der Waals surface area contributed by atoms with E-state index >= 15 is 0 Å². The third kappa shape index (κ3) is 4.29. The third-order valence-corrected chi connectivity index (χ3v) is 4.58. The van der Waals surface area contributed by atoms with Gasteiger partial charge in [0.05, 0.1) is 26.0 Å². The lowest BCUT2D eigenvalue weighted by molar-refractivity contribution is -0.141. The number of oxime groups is 1. The highest BCUT2D eigenvalue weighted by atomic mass is 16.7. The van der Waals surface area contributed by atoms with Crippen molar-refractivity contribution < 1.29 is 19.1 Å². The lowest BCUT2D eigenvalue weighted by atomic mass is 9.95. The lowest BCUT2D eigenvalue weighted by Crippen LogP contribution is -2.48. The normalized spacial score (nSPS) is 23.7. The minimum Gasteiger partial charge on any atom is -0.497 e. The number of rotatable bonds is 6. The first-order valence-corrected chi connectivity index (χ1v) is 8.58. The number of morpholine rings is 1. The number of benzene rings is 1. The fraction of sp³-hybridized carbons (Fsp3) is 0.556. The van der Waals surface area contributed by atoms with Crippen LogP contribution in [0.1, 0.15) is 18.9 Å². The molecule has 7 heteroatoms. The van der Waals surface area contributed by atoms with Crippen LogP contribution in [0.3, 0.4) is 0 Å². The number of carbonyl (C=O) groups excluding carboxylic acids is 1. The van der Waals surface area contributed by atoms with Gasteiger partial charge in [0.1, 0.15) is 5.75 Å². The summed E-state index contributed by atoms with van der Waals surface area (Å²) >= 11 is 0. The van der Waals surface area contributed by atoms with E-state index in [-0.39, 0.29) is 5.91 Å². The molecule has 2 aliphatic rings. The molecule has 0 radical (unpaired) electrons. The summed E-state index contributed by atoms with van der Waals surface area (Å²) in [5.74, 6) is 0.653. The Labute approximate surface area is 147 Å². The van der Waals surface area contributed by atoms with E-state index in [1.807, 2.05) is 24.3 Å². The zero-order valence-electron chi connectivity index (χ0n) is 14.8. The highest BCUT2D eigenvalue weighted by Gasteiger charge is 2.42. The third-order valence-electron chi connectivity index (χ3n) is 4.58. The van der Waals surface area contributed by atoms with Gasteiger partial charge in [-0.3, -0.25) is 9.69 Å². The smallest absolute Gasteiger partial charge is 0.267 e. The molecule has 1 fully saturated rings. The standard InChI is InChI=1S/C18H25N3O4/c1-18(17(22)19-7-8-21-9-11-24-12-10-21)13-16(20-25-18)14-3-5-15(23-2)6-4-14/h3-6H,7-13H2,1-2H3,(H,19,22)/t18-/m0/s1. The number of hydrogen-bond donors (Lipinski definition) is 1. The van der Waals surface area contributed by atoms with Crippen molar-refractivity contribution in [3.63, 3.8) is 0 Å². The first-order chi connectivity index (χ1) is 12.1. The second kappa shape index (κ2) is 7.84. The Kier molecular flexibility index (Phi) is 5.55. The largest absolute Gasteiger partial charge is 0.497 e. The predicted molar refractivity (Wildman–Crippen MR) is 93.9 cm³/mol. The quantitative estimate of drug-likeness (QED) is 0.832. The monoisotopic (exact) mass is 347 g/mol. The number of ether oxygens (including phenoxy) is 2. The number of methoxy groups -OCH3 is 1. The first kappa shape index (κ1) is 17.7. The summed E-state index contributed by atoms with van der Waals surface area (Å²) < 4.78 is 10.5. The maximum atomic E-state index is 12.5. The Balaban J connectivity index is 1.49. The van der Waals surface area contributed by atoms with Crippen LogP contribution in [-0.2, 0) is 14.4 Å². The molecule has 1 aromatic carbocycles. The van der Waals surface area contributed by atoms with Crippen molar-refractivity contribution >= 4 is 11.6 Å². The minimum absolute atomic E-state index is 0.131. The molecule has 1 amide bonds. The van der Waals surface area contributed by atoms with Crippen LogP contribution in [0.5, 0.6) is 5.75 Å². The van der Waals surface area contributed by atoms with Gasteiger partial charge in [-0.15, -0.1) is 0 Å². The van der Waals surface area contributed by atoms with Gasteiger partial charge in [0.25, 0.3) is 5.91 Å². The Morgan fingerprint density at radius 3 is 2.72 bits per heavy atom. The Morgan fingerprint density at radius 1 is 1.32 bits per heavy atom. The molecule has 1 N–H and O–H groups in total. The van der Waals surface area contributed by atoms with Crippen molar-refractivity contribution in [1.82, 2.24) is 10.2 Å². The van der Waals surface area contributed by atoms with E-state index in [0.29, 0.717) is 13.0 Å². The molecule has 7 nitrogen and oxygen atoms in total. The fourth-order valence-electron chi connectivity index (χ4n) is 2.94. The SMILES string of the molecule is COc1ccc(C2=NO[C@](C)(C(=O)NCCN3CCOCC3)C2)cc1. The van der Waals surface area contributed by atoms with Crippen molar-refractivity contribution in [2.75, 3.05) is 46.5 Å². The molecule has 2 aliphatic heterocycles. The molecule has 0 spiro atoms. The van der Waals surface area contributed by atoms with Crippen molar-refractivity contribution in [2.45, 2.75) is 18.9 Å². The summed E-state index contributed by atoms with van der Waals surface area (Å²) in [6.07, 6.45) is 0.447. The van der Waals surface area contributed by atoms with E-state index in [1.54, 1.807) is 14.0 Å². The molecular weight excluding hydrogens is 322 g/mol. The summed E-state index contributed by atoms with van der Waals surface area (Å²) in [7, 11) is 1.63. The van der Waals surface area contributed by atoms with Crippen LogP contribution in [0.25, 0.3) is 0 Å². The highest BCUT2D eigenvalue weighted by Crippen LogP contribution is 2.27. The molecule has 0 bridgehead atoms. The van der Waals surface area contributed by atoms with E-state index in [1.165, 1.54) is 0 Å². The first-order valence-electron chi connectivity index (χ1n) is 8.58. The summed E-state index contributed by atoms with van der Waals surface area (Å²) in [5, 5.41) is 7.08. The van der Waals surface area contributed by atoms with E-state index in [0.717, 1.165) is 49.9 Å². The molecule has 0 saturated carbocycles. The molecule has 1 saturated heterocycles. The maximum Gasteiger partial charge on any atom is 0.267 e. The second-order valence-electron chi connectivity index (χ2n) is 6.48. The van der Waals surface area contributed by atoms with Crippen LogP contribution >= 0.6 is 0 Å². The van der Waals surface area contributed by atoms with E-state index in [2.05, 4.69) is 15.4 Å². The Morgan fingerprint density at radius 2 is 2.04 bits per heavy atom. The van der Waals surface area contributed by atoms with Gasteiger partial charge in [-0.25, -0.2) is 0 Å². The van der Waals surface area contributed by atoms with Crippen LogP contribution in [0, 0.1) is 0 Å². The molecule has 0 unspecified atom stereocenters. The maximum absolute atomic E-state index is 12.5. The van der Waals surface area contributed by atoms with E-state index < -0.39 is 5.60 Å². The predicted octanol–water partition coefficient (Wildman–Crippen LogP) is 1.03. The van der Waals surface area contributed by atoms with Crippen molar-refractivity contribution in [1.29, 1.82) is 0 Å². The number of nitrogens with one attached hydrogen (secondary N) is 1. The van der Waals surface area contributed by atoms with Gasteiger partial charge in [-0.2, -0.15) is 0 Å². The van der Waals surface area contributed by atoms with Crippen LogP contribution in [-0.4, -0.2) is 68.6 Å². The number of carbonyl (C=O) groups is 1. The topological polar surface area (TPSA) is 72.4 Å². The van der Waals surface area contributed by atoms with Gasteiger partial charge < -0.3 is 19.6 Å². The van der Waals surface area contributed by atoms with Gasteiger partial charge in [-0.1, -0.05) is 5.16 Å². The van der Waals surface area contributed by atoms with E-state index in [9.17, 15) is 4.79 Å². The van der Waals surface area contributed by atoms with Gasteiger partial charge in [0, 0.05) is 32.6 Å². The van der Waals surface area contributed by atoms with Gasteiger partial charge in [0.15, 0.2) is 0 Å². The number of hydrogen-bond acceptors (Lipinski definition) is 6. The number of nitrogens with zero attached hydrogens (tertiary/aromatic N) is 2. The summed E-state index contributed by atoms with van der Waals surface area (Å²) in [6, 6.07) is 7.58. The average Bonchev–Trinajstić information content (AvgIpc) is 3.06. The molecule has 0 aromatic heterocycles.